The molecule has 1 aliphatic rings. The van der Waals surface area contributed by atoms with Crippen molar-refractivity contribution in [2.75, 3.05) is 0 Å². The van der Waals surface area contributed by atoms with Crippen molar-refractivity contribution in [3.63, 3.8) is 0 Å². The third-order valence-electron chi connectivity index (χ3n) is 5.17. The molecule has 1 fully saturated rings. The minimum Gasteiger partial charge on any atom is -0.426 e. The van der Waals surface area contributed by atoms with Crippen molar-refractivity contribution in [3.8, 4) is 5.75 Å². The predicted octanol–water partition coefficient (Wildman–Crippen LogP) is 6.05. The molecule has 0 N–H and O–H groups in total. The maximum absolute atomic E-state index is 13.7. The number of hydrogen-bond donors (Lipinski definition) is 0. The number of carbonyl (C=O) groups is 1. The van der Waals surface area contributed by atoms with Crippen LogP contribution in [-0.2, 0) is 4.79 Å². The molecule has 0 bridgehead atoms. The van der Waals surface area contributed by atoms with Gasteiger partial charge in [0, 0.05) is 5.39 Å². The predicted molar refractivity (Wildman–Crippen MR) is 99.0 cm³/mol. The lowest BCUT2D eigenvalue weighted by atomic mass is 9.80. The molecule has 0 saturated heterocycles. The van der Waals surface area contributed by atoms with E-state index in [1.54, 1.807) is 24.3 Å². The highest BCUT2D eigenvalue weighted by Crippen LogP contribution is 2.33. The largest absolute Gasteiger partial charge is 0.426 e. The first kappa shape index (κ1) is 17.7. The van der Waals surface area contributed by atoms with Gasteiger partial charge in [0.25, 0.3) is 0 Å². The summed E-state index contributed by atoms with van der Waals surface area (Å²) in [4.78, 5) is 12.4. The van der Waals surface area contributed by atoms with Gasteiger partial charge in [0.1, 0.15) is 11.6 Å². The number of hydrogen-bond acceptors (Lipinski definition) is 2. The van der Waals surface area contributed by atoms with Gasteiger partial charge in [0.2, 0.25) is 0 Å². The average Bonchev–Trinajstić information content (AvgIpc) is 2.62. The zero-order valence-electron chi connectivity index (χ0n) is 14.7. The summed E-state index contributed by atoms with van der Waals surface area (Å²) in [5.74, 6) is 0.803. The zero-order chi connectivity index (χ0) is 17.6. The summed E-state index contributed by atoms with van der Waals surface area (Å²) in [5, 5.41) is 1.29. The molecular formula is C22H25FO2. The quantitative estimate of drug-likeness (QED) is 0.376. The molecule has 0 aromatic heterocycles. The van der Waals surface area contributed by atoms with E-state index in [1.807, 2.05) is 13.0 Å². The van der Waals surface area contributed by atoms with Crippen molar-refractivity contribution in [2.45, 2.75) is 45.4 Å². The second-order valence-electron chi connectivity index (χ2n) is 6.91. The van der Waals surface area contributed by atoms with Crippen molar-refractivity contribution in [3.05, 3.63) is 54.4 Å². The molecule has 1 saturated carbocycles. The molecule has 132 valence electrons. The molecule has 1 aliphatic carbocycles. The van der Waals surface area contributed by atoms with Gasteiger partial charge >= 0.3 is 5.97 Å². The summed E-state index contributed by atoms with van der Waals surface area (Å²) in [6.07, 6.45) is 10.7. The number of allylic oxidation sites excluding steroid dienone is 2. The number of halogens is 1. The highest BCUT2D eigenvalue weighted by atomic mass is 19.1. The summed E-state index contributed by atoms with van der Waals surface area (Å²) < 4.78 is 19.3. The summed E-state index contributed by atoms with van der Waals surface area (Å²) in [5.41, 5.74) is 0. The van der Waals surface area contributed by atoms with E-state index in [2.05, 4.69) is 12.2 Å². The molecule has 3 heteroatoms. The highest BCUT2D eigenvalue weighted by Gasteiger charge is 2.27. The highest BCUT2D eigenvalue weighted by molar-refractivity contribution is 5.85. The van der Waals surface area contributed by atoms with E-state index in [4.69, 9.17) is 4.74 Å². The third kappa shape index (κ3) is 4.47. The number of rotatable bonds is 5. The van der Waals surface area contributed by atoms with E-state index in [9.17, 15) is 9.18 Å². The van der Waals surface area contributed by atoms with Gasteiger partial charge in [-0.15, -0.1) is 0 Å². The molecule has 25 heavy (non-hydrogen) atoms. The Balaban J connectivity index is 1.56. The number of carbonyl (C=O) groups excluding carboxylic acids is 1. The molecule has 3 rings (SSSR count). The van der Waals surface area contributed by atoms with Gasteiger partial charge in [-0.2, -0.15) is 0 Å². The Kier molecular flexibility index (Phi) is 5.85. The van der Waals surface area contributed by atoms with Gasteiger partial charge in [-0.05, 0) is 81.0 Å². The number of ether oxygens (including phenoxy) is 1. The van der Waals surface area contributed by atoms with Crippen LogP contribution in [0.25, 0.3) is 10.8 Å². The molecule has 0 heterocycles. The second kappa shape index (κ2) is 8.28. The standard InChI is InChI=1S/C22H25FO2/c1-2-3-4-6-16-9-11-17(12-10-16)22(24)25-19-13-14-20-18(15-19)7-5-8-21(20)23/h2-3,5,7-8,13-17H,4,6,9-12H2,1H3/b3-2+. The van der Waals surface area contributed by atoms with Crippen molar-refractivity contribution in [1.29, 1.82) is 0 Å². The monoisotopic (exact) mass is 340 g/mol. The van der Waals surface area contributed by atoms with Crippen molar-refractivity contribution in [2.24, 2.45) is 11.8 Å². The second-order valence-corrected chi connectivity index (χ2v) is 6.91. The summed E-state index contributed by atoms with van der Waals surface area (Å²) in [6.45, 7) is 2.05. The van der Waals surface area contributed by atoms with Crippen LogP contribution < -0.4 is 4.74 Å². The van der Waals surface area contributed by atoms with E-state index >= 15 is 0 Å². The maximum Gasteiger partial charge on any atom is 0.314 e. The molecule has 0 radical (unpaired) electrons. The van der Waals surface area contributed by atoms with Crippen LogP contribution in [-0.4, -0.2) is 5.97 Å². The third-order valence-corrected chi connectivity index (χ3v) is 5.17. The van der Waals surface area contributed by atoms with Crippen LogP contribution in [0.15, 0.2) is 48.6 Å². The fourth-order valence-corrected chi connectivity index (χ4v) is 3.67. The van der Waals surface area contributed by atoms with Crippen LogP contribution in [0.3, 0.4) is 0 Å². The Morgan fingerprint density at radius 3 is 2.76 bits per heavy atom. The topological polar surface area (TPSA) is 26.3 Å². The number of esters is 1. The Hall–Kier alpha value is -2.16. The normalized spacial score (nSPS) is 20.9. The molecule has 0 aliphatic heterocycles. The first-order chi connectivity index (χ1) is 12.2. The first-order valence-electron chi connectivity index (χ1n) is 9.18. The fraction of sp³-hybridized carbons (Fsp3) is 0.409. The Bertz CT molecular complexity index is 758. The van der Waals surface area contributed by atoms with Crippen LogP contribution in [0.2, 0.25) is 0 Å². The summed E-state index contributed by atoms with van der Waals surface area (Å²) >= 11 is 0. The van der Waals surface area contributed by atoms with E-state index in [-0.39, 0.29) is 17.7 Å². The molecule has 2 aromatic carbocycles. The van der Waals surface area contributed by atoms with E-state index in [1.165, 1.54) is 12.5 Å². The Labute approximate surface area is 148 Å². The smallest absolute Gasteiger partial charge is 0.314 e. The van der Waals surface area contributed by atoms with Crippen molar-refractivity contribution >= 4 is 16.7 Å². The zero-order valence-corrected chi connectivity index (χ0v) is 14.7. The lowest BCUT2D eigenvalue weighted by Gasteiger charge is -2.26. The molecule has 0 unspecified atom stereocenters. The first-order valence-corrected chi connectivity index (χ1v) is 9.18. The van der Waals surface area contributed by atoms with Crippen LogP contribution >= 0.6 is 0 Å². The van der Waals surface area contributed by atoms with Gasteiger partial charge in [0.05, 0.1) is 5.92 Å². The molecule has 0 amide bonds. The van der Waals surface area contributed by atoms with E-state index in [0.717, 1.165) is 43.4 Å². The SMILES string of the molecule is C/C=C/CCC1CCC(C(=O)Oc2ccc3c(F)cccc3c2)CC1. The lowest BCUT2D eigenvalue weighted by molar-refractivity contribution is -0.140. The summed E-state index contributed by atoms with van der Waals surface area (Å²) in [6, 6.07) is 10.0. The maximum atomic E-state index is 13.7. The lowest BCUT2D eigenvalue weighted by Crippen LogP contribution is -2.25. The summed E-state index contributed by atoms with van der Waals surface area (Å²) in [7, 11) is 0. The molecule has 2 aromatic rings. The van der Waals surface area contributed by atoms with Gasteiger partial charge < -0.3 is 4.74 Å². The number of benzene rings is 2. The van der Waals surface area contributed by atoms with Gasteiger partial charge in [0.15, 0.2) is 0 Å². The Morgan fingerprint density at radius 2 is 2.00 bits per heavy atom. The molecule has 2 nitrogen and oxygen atoms in total. The molecule has 0 spiro atoms. The van der Waals surface area contributed by atoms with Crippen molar-refractivity contribution in [1.82, 2.24) is 0 Å². The minimum atomic E-state index is -0.258. The van der Waals surface area contributed by atoms with Crippen LogP contribution in [0.1, 0.15) is 45.4 Å². The van der Waals surface area contributed by atoms with E-state index < -0.39 is 0 Å². The number of fused-ring (bicyclic) bond motifs is 1. The molecular weight excluding hydrogens is 315 g/mol. The van der Waals surface area contributed by atoms with Gasteiger partial charge in [-0.1, -0.05) is 24.3 Å². The van der Waals surface area contributed by atoms with Crippen molar-refractivity contribution < 1.29 is 13.9 Å². The van der Waals surface area contributed by atoms with Gasteiger partial charge in [-0.3, -0.25) is 4.79 Å². The minimum absolute atomic E-state index is 0.0128. The van der Waals surface area contributed by atoms with Crippen LogP contribution in [0, 0.1) is 17.7 Å². The van der Waals surface area contributed by atoms with Crippen LogP contribution in [0.4, 0.5) is 4.39 Å². The van der Waals surface area contributed by atoms with E-state index in [0.29, 0.717) is 11.1 Å². The van der Waals surface area contributed by atoms with Gasteiger partial charge in [-0.25, -0.2) is 4.39 Å². The average molecular weight is 340 g/mol. The Morgan fingerprint density at radius 1 is 1.20 bits per heavy atom. The molecule has 0 atom stereocenters. The van der Waals surface area contributed by atoms with Crippen LogP contribution in [0.5, 0.6) is 5.75 Å². The fourth-order valence-electron chi connectivity index (χ4n) is 3.67.